The lowest BCUT2D eigenvalue weighted by atomic mass is 9.99. The second-order valence-electron chi connectivity index (χ2n) is 9.63. The molecule has 0 saturated carbocycles. The summed E-state index contributed by atoms with van der Waals surface area (Å²) in [5.41, 5.74) is 2.71. The number of methoxy groups -OCH3 is 4. The number of aromatic nitrogens is 1. The van der Waals surface area contributed by atoms with Crippen LogP contribution in [0.5, 0.6) is 28.7 Å². The Bertz CT molecular complexity index is 1380. The van der Waals surface area contributed by atoms with Crippen LogP contribution in [0.25, 0.3) is 5.70 Å². The first-order chi connectivity index (χ1) is 20.4. The molecule has 2 atom stereocenters. The molecule has 1 saturated heterocycles. The van der Waals surface area contributed by atoms with Crippen LogP contribution >= 0.6 is 0 Å². The number of nitrogens with zero attached hydrogens (tertiary/aromatic N) is 2. The molecule has 1 aliphatic heterocycles. The number of hydrogen-bond acceptors (Lipinski definition) is 9. The molecular formula is C32H38N2O8. The SMILES string of the molecule is CC=C(c1cc(C2CCC(c3cc(OC)c(OC)c(OC)c3)O2)cc(OC)c1OCCC)N(O)C(=O)c1cccnc1. The maximum atomic E-state index is 13.2. The van der Waals surface area contributed by atoms with Gasteiger partial charge < -0.3 is 28.4 Å². The lowest BCUT2D eigenvalue weighted by Gasteiger charge is -2.24. The highest BCUT2D eigenvalue weighted by Crippen LogP contribution is 2.48. The summed E-state index contributed by atoms with van der Waals surface area (Å²) in [6.07, 6.45) is 6.33. The summed E-state index contributed by atoms with van der Waals surface area (Å²) < 4.78 is 34.9. The van der Waals surface area contributed by atoms with Gasteiger partial charge >= 0.3 is 0 Å². The van der Waals surface area contributed by atoms with Gasteiger partial charge in [0.1, 0.15) is 0 Å². The molecule has 2 aromatic carbocycles. The van der Waals surface area contributed by atoms with Crippen LogP contribution in [0.3, 0.4) is 0 Å². The molecule has 1 fully saturated rings. The van der Waals surface area contributed by atoms with Gasteiger partial charge in [-0.3, -0.25) is 15.0 Å². The molecule has 1 N–H and O–H groups in total. The van der Waals surface area contributed by atoms with Crippen LogP contribution in [0.1, 0.15) is 72.4 Å². The minimum Gasteiger partial charge on any atom is -0.493 e. The van der Waals surface area contributed by atoms with E-state index in [9.17, 15) is 10.0 Å². The first-order valence-electron chi connectivity index (χ1n) is 13.8. The second kappa shape index (κ2) is 14.1. The zero-order chi connectivity index (χ0) is 30.2. The standard InChI is InChI=1S/C32H38N2O8/c1-7-14-41-30-23(24(8-2)34(36)32(35)20-10-9-13-33-19-20)15-21(16-27(30)37-3)25-11-12-26(42-25)22-17-28(38-4)31(40-6)29(18-22)39-5/h8-10,13,15-19,25-26,36H,7,11-12,14H2,1-6H3. The number of amides is 1. The van der Waals surface area contributed by atoms with Crippen molar-refractivity contribution in [1.29, 1.82) is 0 Å². The number of pyridine rings is 1. The lowest BCUT2D eigenvalue weighted by molar-refractivity contribution is -0.0114. The van der Waals surface area contributed by atoms with Gasteiger partial charge in [-0.2, -0.15) is 5.06 Å². The number of carbonyl (C=O) groups is 1. The van der Waals surface area contributed by atoms with E-state index in [0.29, 0.717) is 46.0 Å². The Morgan fingerprint density at radius 2 is 1.57 bits per heavy atom. The van der Waals surface area contributed by atoms with Crippen LogP contribution in [-0.4, -0.2) is 56.2 Å². The molecule has 10 heteroatoms. The van der Waals surface area contributed by atoms with Crippen LogP contribution in [0.4, 0.5) is 0 Å². The Labute approximate surface area is 246 Å². The molecule has 3 aromatic rings. The van der Waals surface area contributed by atoms with Gasteiger partial charge in [-0.1, -0.05) is 13.0 Å². The van der Waals surface area contributed by atoms with Crippen molar-refractivity contribution in [3.63, 3.8) is 0 Å². The van der Waals surface area contributed by atoms with Gasteiger partial charge in [0.15, 0.2) is 23.0 Å². The molecule has 4 rings (SSSR count). The monoisotopic (exact) mass is 578 g/mol. The van der Waals surface area contributed by atoms with Gasteiger partial charge in [0.05, 0.1) is 58.5 Å². The van der Waals surface area contributed by atoms with Crippen molar-refractivity contribution in [2.75, 3.05) is 35.0 Å². The summed E-state index contributed by atoms with van der Waals surface area (Å²) >= 11 is 0. The number of ether oxygens (including phenoxy) is 6. The van der Waals surface area contributed by atoms with Crippen molar-refractivity contribution in [2.45, 2.75) is 45.3 Å². The van der Waals surface area contributed by atoms with Crippen LogP contribution in [-0.2, 0) is 4.74 Å². The van der Waals surface area contributed by atoms with Crippen molar-refractivity contribution in [2.24, 2.45) is 0 Å². The molecule has 0 spiro atoms. The molecule has 0 aliphatic carbocycles. The smallest absolute Gasteiger partial charge is 0.283 e. The molecule has 1 aliphatic rings. The normalized spacial score (nSPS) is 16.6. The molecule has 42 heavy (non-hydrogen) atoms. The fourth-order valence-electron chi connectivity index (χ4n) is 5.03. The van der Waals surface area contributed by atoms with Gasteiger partial charge in [-0.25, -0.2) is 0 Å². The van der Waals surface area contributed by atoms with Crippen molar-refractivity contribution in [3.05, 3.63) is 77.1 Å². The zero-order valence-electron chi connectivity index (χ0n) is 24.9. The summed E-state index contributed by atoms with van der Waals surface area (Å²) in [6.45, 7) is 4.16. The molecular weight excluding hydrogens is 540 g/mol. The number of carbonyl (C=O) groups excluding carboxylic acids is 1. The van der Waals surface area contributed by atoms with Crippen molar-refractivity contribution >= 4 is 11.6 Å². The fourth-order valence-corrected chi connectivity index (χ4v) is 5.03. The Morgan fingerprint density at radius 3 is 2.07 bits per heavy atom. The van der Waals surface area contributed by atoms with Crippen LogP contribution in [0, 0.1) is 0 Å². The topological polar surface area (TPSA) is 109 Å². The van der Waals surface area contributed by atoms with E-state index in [1.807, 2.05) is 31.2 Å². The maximum Gasteiger partial charge on any atom is 0.283 e. The molecule has 224 valence electrons. The van der Waals surface area contributed by atoms with E-state index in [2.05, 4.69) is 4.98 Å². The average molecular weight is 579 g/mol. The maximum absolute atomic E-state index is 13.2. The lowest BCUT2D eigenvalue weighted by Crippen LogP contribution is -2.26. The molecule has 10 nitrogen and oxygen atoms in total. The Morgan fingerprint density at radius 1 is 0.976 bits per heavy atom. The summed E-state index contributed by atoms with van der Waals surface area (Å²) in [4.78, 5) is 17.2. The van der Waals surface area contributed by atoms with Gasteiger partial charge in [0.2, 0.25) is 5.75 Å². The summed E-state index contributed by atoms with van der Waals surface area (Å²) in [6, 6.07) is 10.8. The van der Waals surface area contributed by atoms with E-state index >= 15 is 0 Å². The van der Waals surface area contributed by atoms with Gasteiger partial charge in [-0.15, -0.1) is 0 Å². The number of hydroxylamine groups is 2. The predicted molar refractivity (Wildman–Crippen MR) is 157 cm³/mol. The summed E-state index contributed by atoms with van der Waals surface area (Å²) in [5, 5.41) is 11.7. The molecule has 2 unspecified atom stereocenters. The fraction of sp³-hybridized carbons (Fsp3) is 0.375. The van der Waals surface area contributed by atoms with E-state index in [4.69, 9.17) is 28.4 Å². The molecule has 0 bridgehead atoms. The van der Waals surface area contributed by atoms with Crippen LogP contribution in [0.15, 0.2) is 54.9 Å². The first kappa shape index (κ1) is 30.7. The number of benzene rings is 2. The van der Waals surface area contributed by atoms with Crippen LogP contribution < -0.4 is 23.7 Å². The Kier molecular flexibility index (Phi) is 10.3. The highest BCUT2D eigenvalue weighted by molar-refractivity contribution is 5.98. The van der Waals surface area contributed by atoms with E-state index in [1.54, 1.807) is 59.8 Å². The van der Waals surface area contributed by atoms with E-state index in [-0.39, 0.29) is 23.5 Å². The highest BCUT2D eigenvalue weighted by Gasteiger charge is 2.32. The van der Waals surface area contributed by atoms with E-state index < -0.39 is 5.91 Å². The number of rotatable bonds is 12. The first-order valence-corrected chi connectivity index (χ1v) is 13.8. The van der Waals surface area contributed by atoms with Crippen molar-refractivity contribution in [1.82, 2.24) is 10.0 Å². The van der Waals surface area contributed by atoms with Gasteiger partial charge in [-0.05, 0) is 73.7 Å². The number of allylic oxidation sites excluding steroid dienone is 1. The minimum absolute atomic E-state index is 0.225. The molecule has 0 radical (unpaired) electrons. The van der Waals surface area contributed by atoms with Crippen LogP contribution in [0.2, 0.25) is 0 Å². The van der Waals surface area contributed by atoms with E-state index in [0.717, 1.165) is 30.4 Å². The highest BCUT2D eigenvalue weighted by atomic mass is 16.5. The molecule has 1 aromatic heterocycles. The van der Waals surface area contributed by atoms with Crippen molar-refractivity contribution in [3.8, 4) is 28.7 Å². The van der Waals surface area contributed by atoms with Gasteiger partial charge in [0.25, 0.3) is 5.91 Å². The molecule has 1 amide bonds. The Balaban J connectivity index is 1.71. The average Bonchev–Trinajstić information content (AvgIpc) is 3.53. The third-order valence-corrected chi connectivity index (χ3v) is 7.08. The molecule has 2 heterocycles. The number of hydrogen-bond donors (Lipinski definition) is 1. The largest absolute Gasteiger partial charge is 0.493 e. The third-order valence-electron chi connectivity index (χ3n) is 7.08. The quantitative estimate of drug-likeness (QED) is 0.193. The summed E-state index contributed by atoms with van der Waals surface area (Å²) in [7, 11) is 6.29. The zero-order valence-corrected chi connectivity index (χ0v) is 24.9. The summed E-state index contributed by atoms with van der Waals surface area (Å²) in [5.74, 6) is 1.90. The Hall–Kier alpha value is -4.28. The second-order valence-corrected chi connectivity index (χ2v) is 9.63. The third kappa shape index (κ3) is 6.29. The minimum atomic E-state index is -0.624. The van der Waals surface area contributed by atoms with E-state index in [1.165, 1.54) is 6.20 Å². The predicted octanol–water partition coefficient (Wildman–Crippen LogP) is 6.39. The van der Waals surface area contributed by atoms with Crippen molar-refractivity contribution < 1.29 is 38.4 Å². The van der Waals surface area contributed by atoms with Gasteiger partial charge in [0, 0.05) is 18.0 Å².